The molecule has 0 radical (unpaired) electrons. The van der Waals surface area contributed by atoms with E-state index < -0.39 is 0 Å². The molecule has 1 atom stereocenters. The van der Waals surface area contributed by atoms with Crippen LogP contribution in [0.3, 0.4) is 0 Å². The van der Waals surface area contributed by atoms with E-state index in [2.05, 4.69) is 4.98 Å². The van der Waals surface area contributed by atoms with Crippen LogP contribution in [0.4, 0.5) is 5.13 Å². The maximum Gasteiger partial charge on any atom is 0.228 e. The topological polar surface area (TPSA) is 51.7 Å². The Bertz CT molecular complexity index is 873. The standard InChI is InChI=1S/C22H24N2O3S/c25-21(13-7-15-26-17-8-2-1-3-9-17)24(16-18-10-6-14-27-18)22-23-19-11-4-5-12-20(19)28-22/h1-5,8-9,11-12,18H,6-7,10,13-16H2/t18-/m0/s1. The van der Waals surface area contributed by atoms with Gasteiger partial charge in [-0.25, -0.2) is 4.98 Å². The number of hydrogen-bond donors (Lipinski definition) is 0. The summed E-state index contributed by atoms with van der Waals surface area (Å²) in [5.41, 5.74) is 0.931. The molecule has 0 N–H and O–H groups in total. The normalized spacial score (nSPS) is 16.4. The van der Waals surface area contributed by atoms with Crippen molar-refractivity contribution in [2.24, 2.45) is 0 Å². The molecule has 0 aliphatic carbocycles. The first-order valence-corrected chi connectivity index (χ1v) is 10.6. The Balaban J connectivity index is 1.41. The number of nitrogens with zero attached hydrogens (tertiary/aromatic N) is 2. The SMILES string of the molecule is O=C(CCCOc1ccccc1)N(C[C@@H]1CCCO1)c1nc2ccccc2s1. The van der Waals surface area contributed by atoms with Crippen LogP contribution in [-0.4, -0.2) is 36.8 Å². The minimum atomic E-state index is 0.0752. The smallest absolute Gasteiger partial charge is 0.228 e. The van der Waals surface area contributed by atoms with Crippen molar-refractivity contribution in [3.8, 4) is 5.75 Å². The number of carbonyl (C=O) groups excluding carboxylic acids is 1. The molecule has 4 rings (SSSR count). The number of carbonyl (C=O) groups is 1. The third-order valence-electron chi connectivity index (χ3n) is 4.77. The van der Waals surface area contributed by atoms with Gasteiger partial charge >= 0.3 is 0 Å². The third kappa shape index (κ3) is 4.69. The van der Waals surface area contributed by atoms with Crippen molar-refractivity contribution in [3.63, 3.8) is 0 Å². The molecule has 0 saturated carbocycles. The van der Waals surface area contributed by atoms with Crippen molar-refractivity contribution >= 4 is 32.6 Å². The zero-order chi connectivity index (χ0) is 19.2. The lowest BCUT2D eigenvalue weighted by Crippen LogP contribution is -2.37. The molecule has 1 aliphatic rings. The van der Waals surface area contributed by atoms with Gasteiger partial charge in [-0.3, -0.25) is 9.69 Å². The first-order chi connectivity index (χ1) is 13.8. The molecule has 1 saturated heterocycles. The molecule has 1 fully saturated rings. The van der Waals surface area contributed by atoms with Crippen molar-refractivity contribution in [1.82, 2.24) is 4.98 Å². The van der Waals surface area contributed by atoms with Crippen LogP contribution in [0.2, 0.25) is 0 Å². The second kappa shape index (κ2) is 9.17. The van der Waals surface area contributed by atoms with Crippen molar-refractivity contribution in [2.45, 2.75) is 31.8 Å². The number of thiazole rings is 1. The van der Waals surface area contributed by atoms with Gasteiger partial charge in [-0.05, 0) is 43.5 Å². The van der Waals surface area contributed by atoms with Gasteiger partial charge in [-0.15, -0.1) is 0 Å². The number of fused-ring (bicyclic) bond motifs is 1. The predicted molar refractivity (Wildman–Crippen MR) is 112 cm³/mol. The van der Waals surface area contributed by atoms with Crippen LogP contribution in [0.1, 0.15) is 25.7 Å². The van der Waals surface area contributed by atoms with E-state index in [0.29, 0.717) is 26.0 Å². The maximum atomic E-state index is 13.0. The van der Waals surface area contributed by atoms with Crippen LogP contribution in [-0.2, 0) is 9.53 Å². The van der Waals surface area contributed by atoms with E-state index in [4.69, 9.17) is 9.47 Å². The van der Waals surface area contributed by atoms with E-state index in [9.17, 15) is 4.79 Å². The molecular formula is C22H24N2O3S. The fourth-order valence-corrected chi connectivity index (χ4v) is 4.31. The van der Waals surface area contributed by atoms with Gasteiger partial charge in [0.05, 0.1) is 29.5 Å². The van der Waals surface area contributed by atoms with Gasteiger partial charge in [0.15, 0.2) is 5.13 Å². The second-order valence-electron chi connectivity index (χ2n) is 6.87. The Morgan fingerprint density at radius 3 is 2.79 bits per heavy atom. The minimum Gasteiger partial charge on any atom is -0.494 e. The molecule has 1 aromatic heterocycles. The molecule has 28 heavy (non-hydrogen) atoms. The van der Waals surface area contributed by atoms with Gasteiger partial charge in [-0.2, -0.15) is 0 Å². The molecule has 2 aromatic carbocycles. The van der Waals surface area contributed by atoms with Crippen LogP contribution in [0.5, 0.6) is 5.75 Å². The van der Waals surface area contributed by atoms with E-state index in [-0.39, 0.29) is 12.0 Å². The largest absolute Gasteiger partial charge is 0.494 e. The van der Waals surface area contributed by atoms with Crippen molar-refractivity contribution in [2.75, 3.05) is 24.7 Å². The summed E-state index contributed by atoms with van der Waals surface area (Å²) in [6.45, 7) is 1.86. The van der Waals surface area contributed by atoms with E-state index in [0.717, 1.165) is 40.5 Å². The molecule has 1 amide bonds. The number of amides is 1. The summed E-state index contributed by atoms with van der Waals surface area (Å²) >= 11 is 1.56. The first-order valence-electron chi connectivity index (χ1n) is 9.75. The Morgan fingerprint density at radius 1 is 1.18 bits per heavy atom. The van der Waals surface area contributed by atoms with Gasteiger partial charge in [0.1, 0.15) is 5.75 Å². The summed E-state index contributed by atoms with van der Waals surface area (Å²) in [6.07, 6.45) is 3.23. The monoisotopic (exact) mass is 396 g/mol. The molecule has 1 aliphatic heterocycles. The Morgan fingerprint density at radius 2 is 2.00 bits per heavy atom. The molecule has 0 spiro atoms. The molecule has 6 heteroatoms. The number of aromatic nitrogens is 1. The van der Waals surface area contributed by atoms with Gasteiger partial charge < -0.3 is 9.47 Å². The van der Waals surface area contributed by atoms with Gasteiger partial charge in [0, 0.05) is 13.0 Å². The molecular weight excluding hydrogens is 372 g/mol. The van der Waals surface area contributed by atoms with Crippen molar-refractivity contribution < 1.29 is 14.3 Å². The highest BCUT2D eigenvalue weighted by molar-refractivity contribution is 7.22. The number of rotatable bonds is 8. The van der Waals surface area contributed by atoms with E-state index in [1.165, 1.54) is 0 Å². The lowest BCUT2D eigenvalue weighted by atomic mass is 10.2. The average molecular weight is 397 g/mol. The highest BCUT2D eigenvalue weighted by Crippen LogP contribution is 2.30. The van der Waals surface area contributed by atoms with Crippen LogP contribution >= 0.6 is 11.3 Å². The number of benzene rings is 2. The minimum absolute atomic E-state index is 0.0752. The lowest BCUT2D eigenvalue weighted by molar-refractivity contribution is -0.119. The number of hydrogen-bond acceptors (Lipinski definition) is 5. The van der Waals surface area contributed by atoms with Gasteiger partial charge in [-0.1, -0.05) is 41.7 Å². The van der Waals surface area contributed by atoms with E-state index in [1.807, 2.05) is 59.5 Å². The summed E-state index contributed by atoms with van der Waals surface area (Å²) in [6, 6.07) is 17.7. The zero-order valence-corrected chi connectivity index (χ0v) is 16.6. The Kier molecular flexibility index (Phi) is 6.19. The first kappa shape index (κ1) is 18.9. The molecule has 2 heterocycles. The molecule has 5 nitrogen and oxygen atoms in total. The summed E-state index contributed by atoms with van der Waals surface area (Å²) in [5, 5.41) is 0.755. The summed E-state index contributed by atoms with van der Waals surface area (Å²) in [4.78, 5) is 19.5. The van der Waals surface area contributed by atoms with Crippen molar-refractivity contribution in [1.29, 1.82) is 0 Å². The van der Waals surface area contributed by atoms with Crippen molar-refractivity contribution in [3.05, 3.63) is 54.6 Å². The summed E-state index contributed by atoms with van der Waals surface area (Å²) in [7, 11) is 0. The summed E-state index contributed by atoms with van der Waals surface area (Å²) in [5.74, 6) is 0.906. The van der Waals surface area contributed by atoms with E-state index in [1.54, 1.807) is 11.3 Å². The number of ether oxygens (including phenoxy) is 2. The number of para-hydroxylation sites is 2. The highest BCUT2D eigenvalue weighted by atomic mass is 32.1. The predicted octanol–water partition coefficient (Wildman–Crippen LogP) is 4.67. The zero-order valence-electron chi connectivity index (χ0n) is 15.8. The quantitative estimate of drug-likeness (QED) is 0.519. The molecule has 0 bridgehead atoms. The van der Waals surface area contributed by atoms with E-state index >= 15 is 0 Å². The number of anilines is 1. The van der Waals surface area contributed by atoms with Crippen LogP contribution < -0.4 is 9.64 Å². The molecule has 3 aromatic rings. The second-order valence-corrected chi connectivity index (χ2v) is 7.88. The lowest BCUT2D eigenvalue weighted by Gasteiger charge is -2.23. The third-order valence-corrected chi connectivity index (χ3v) is 5.83. The average Bonchev–Trinajstić information content (AvgIpc) is 3.39. The van der Waals surface area contributed by atoms with Crippen LogP contribution in [0.25, 0.3) is 10.2 Å². The highest BCUT2D eigenvalue weighted by Gasteiger charge is 2.25. The Labute approximate surface area is 168 Å². The molecule has 146 valence electrons. The van der Waals surface area contributed by atoms with Gasteiger partial charge in [0.25, 0.3) is 0 Å². The maximum absolute atomic E-state index is 13.0. The Hall–Kier alpha value is -2.44. The summed E-state index contributed by atoms with van der Waals surface area (Å²) < 4.78 is 12.6. The fraction of sp³-hybridized carbons (Fsp3) is 0.364. The van der Waals surface area contributed by atoms with Crippen LogP contribution in [0, 0.1) is 0 Å². The van der Waals surface area contributed by atoms with Crippen LogP contribution in [0.15, 0.2) is 54.6 Å². The molecule has 0 unspecified atom stereocenters. The fourth-order valence-electron chi connectivity index (χ4n) is 3.32. The van der Waals surface area contributed by atoms with Gasteiger partial charge in [0.2, 0.25) is 5.91 Å².